The number of rotatable bonds is 3. The molecule has 1 unspecified atom stereocenters. The fourth-order valence-corrected chi connectivity index (χ4v) is 2.03. The number of hydrogen-bond donors (Lipinski definition) is 3. The van der Waals surface area contributed by atoms with E-state index in [0.717, 1.165) is 25.2 Å². The SMILES string of the molecule is CCNC(=O)c1cc(C2CCCNC2)[nH]n1. The second kappa shape index (κ2) is 5.12. The van der Waals surface area contributed by atoms with Crippen molar-refractivity contribution in [2.24, 2.45) is 0 Å². The lowest BCUT2D eigenvalue weighted by molar-refractivity contribution is 0.0951. The average Bonchev–Trinajstić information content (AvgIpc) is 2.80. The van der Waals surface area contributed by atoms with E-state index in [9.17, 15) is 4.79 Å². The number of amides is 1. The molecule has 0 radical (unpaired) electrons. The molecular weight excluding hydrogens is 204 g/mol. The van der Waals surface area contributed by atoms with Gasteiger partial charge < -0.3 is 10.6 Å². The Morgan fingerprint density at radius 3 is 3.25 bits per heavy atom. The second-order valence-electron chi connectivity index (χ2n) is 4.11. The summed E-state index contributed by atoms with van der Waals surface area (Å²) in [6.07, 6.45) is 2.34. The third kappa shape index (κ3) is 2.41. The molecule has 0 aromatic carbocycles. The van der Waals surface area contributed by atoms with Crippen molar-refractivity contribution in [2.75, 3.05) is 19.6 Å². The van der Waals surface area contributed by atoms with Gasteiger partial charge in [-0.15, -0.1) is 0 Å². The third-order valence-electron chi connectivity index (χ3n) is 2.90. The number of carbonyl (C=O) groups is 1. The van der Waals surface area contributed by atoms with Gasteiger partial charge in [0.25, 0.3) is 5.91 Å². The van der Waals surface area contributed by atoms with Crippen LogP contribution in [0.15, 0.2) is 6.07 Å². The van der Waals surface area contributed by atoms with Crippen molar-refractivity contribution >= 4 is 5.91 Å². The highest BCUT2D eigenvalue weighted by Crippen LogP contribution is 2.21. The zero-order valence-corrected chi connectivity index (χ0v) is 9.55. The maximum atomic E-state index is 11.5. The zero-order valence-electron chi connectivity index (χ0n) is 9.55. The third-order valence-corrected chi connectivity index (χ3v) is 2.90. The van der Waals surface area contributed by atoms with Crippen LogP contribution in [-0.4, -0.2) is 35.7 Å². The number of piperidine rings is 1. The van der Waals surface area contributed by atoms with E-state index in [0.29, 0.717) is 18.2 Å². The average molecular weight is 222 g/mol. The lowest BCUT2D eigenvalue weighted by Crippen LogP contribution is -2.28. The fourth-order valence-electron chi connectivity index (χ4n) is 2.03. The summed E-state index contributed by atoms with van der Waals surface area (Å²) < 4.78 is 0. The van der Waals surface area contributed by atoms with E-state index in [1.54, 1.807) is 0 Å². The predicted octanol–water partition coefficient (Wildman–Crippen LogP) is 0.626. The highest BCUT2D eigenvalue weighted by molar-refractivity contribution is 5.92. The summed E-state index contributed by atoms with van der Waals surface area (Å²) in [6, 6.07) is 1.86. The summed E-state index contributed by atoms with van der Waals surface area (Å²) in [5.41, 5.74) is 1.55. The predicted molar refractivity (Wildman–Crippen MR) is 61.4 cm³/mol. The van der Waals surface area contributed by atoms with Crippen LogP contribution >= 0.6 is 0 Å². The van der Waals surface area contributed by atoms with Gasteiger partial charge in [0.05, 0.1) is 0 Å². The Labute approximate surface area is 95.0 Å². The summed E-state index contributed by atoms with van der Waals surface area (Å²) in [7, 11) is 0. The standard InChI is InChI=1S/C11H18N4O/c1-2-13-11(16)10-6-9(14-15-10)8-4-3-5-12-7-8/h6,8,12H,2-5,7H2,1H3,(H,13,16)(H,14,15). The van der Waals surface area contributed by atoms with E-state index in [1.807, 2.05) is 13.0 Å². The number of carbonyl (C=O) groups excluding carboxylic acids is 1. The molecule has 5 heteroatoms. The quantitative estimate of drug-likeness (QED) is 0.702. The molecule has 1 amide bonds. The lowest BCUT2D eigenvalue weighted by Gasteiger charge is -2.21. The second-order valence-corrected chi connectivity index (χ2v) is 4.11. The maximum Gasteiger partial charge on any atom is 0.271 e. The van der Waals surface area contributed by atoms with Gasteiger partial charge in [0.2, 0.25) is 0 Å². The van der Waals surface area contributed by atoms with Crippen LogP contribution in [0.25, 0.3) is 0 Å². The van der Waals surface area contributed by atoms with Crippen LogP contribution in [0.4, 0.5) is 0 Å². The van der Waals surface area contributed by atoms with Crippen LogP contribution in [-0.2, 0) is 0 Å². The molecule has 16 heavy (non-hydrogen) atoms. The molecule has 0 aliphatic carbocycles. The van der Waals surface area contributed by atoms with E-state index in [4.69, 9.17) is 0 Å². The molecule has 1 aromatic heterocycles. The number of H-pyrrole nitrogens is 1. The van der Waals surface area contributed by atoms with Crippen molar-refractivity contribution in [1.82, 2.24) is 20.8 Å². The Morgan fingerprint density at radius 2 is 2.56 bits per heavy atom. The largest absolute Gasteiger partial charge is 0.351 e. The number of aromatic nitrogens is 2. The van der Waals surface area contributed by atoms with Crippen LogP contribution in [0, 0.1) is 0 Å². The molecule has 2 heterocycles. The maximum absolute atomic E-state index is 11.5. The van der Waals surface area contributed by atoms with Crippen molar-refractivity contribution in [3.8, 4) is 0 Å². The normalized spacial score (nSPS) is 20.7. The molecule has 0 saturated carbocycles. The molecule has 1 aromatic rings. The minimum absolute atomic E-state index is 0.103. The van der Waals surface area contributed by atoms with Crippen LogP contribution in [0.2, 0.25) is 0 Å². The summed E-state index contributed by atoms with van der Waals surface area (Å²) in [5.74, 6) is 0.359. The van der Waals surface area contributed by atoms with Gasteiger partial charge >= 0.3 is 0 Å². The van der Waals surface area contributed by atoms with Crippen LogP contribution in [0.1, 0.15) is 41.9 Å². The Bertz CT molecular complexity index is 355. The molecule has 1 atom stereocenters. The van der Waals surface area contributed by atoms with Crippen LogP contribution < -0.4 is 10.6 Å². The van der Waals surface area contributed by atoms with Gasteiger partial charge in [-0.25, -0.2) is 0 Å². The first-order chi connectivity index (χ1) is 7.81. The number of nitrogens with one attached hydrogen (secondary N) is 3. The van der Waals surface area contributed by atoms with Crippen LogP contribution in [0.3, 0.4) is 0 Å². The molecule has 5 nitrogen and oxygen atoms in total. The lowest BCUT2D eigenvalue weighted by atomic mass is 9.96. The number of hydrogen-bond acceptors (Lipinski definition) is 3. The van der Waals surface area contributed by atoms with Crippen molar-refractivity contribution in [2.45, 2.75) is 25.7 Å². The van der Waals surface area contributed by atoms with Crippen molar-refractivity contribution < 1.29 is 4.79 Å². The van der Waals surface area contributed by atoms with E-state index in [2.05, 4.69) is 20.8 Å². The van der Waals surface area contributed by atoms with Crippen LogP contribution in [0.5, 0.6) is 0 Å². The van der Waals surface area contributed by atoms with E-state index >= 15 is 0 Å². The van der Waals surface area contributed by atoms with Gasteiger partial charge in [0.15, 0.2) is 0 Å². The molecular formula is C11H18N4O. The van der Waals surface area contributed by atoms with Crippen molar-refractivity contribution in [3.05, 3.63) is 17.5 Å². The van der Waals surface area contributed by atoms with Gasteiger partial charge in [-0.2, -0.15) is 5.10 Å². The molecule has 1 aliphatic heterocycles. The molecule has 0 bridgehead atoms. The Kier molecular flexibility index (Phi) is 3.56. The molecule has 1 aliphatic rings. The highest BCUT2D eigenvalue weighted by Gasteiger charge is 2.18. The van der Waals surface area contributed by atoms with E-state index in [1.165, 1.54) is 6.42 Å². The van der Waals surface area contributed by atoms with E-state index in [-0.39, 0.29) is 5.91 Å². The molecule has 1 fully saturated rings. The molecule has 0 spiro atoms. The van der Waals surface area contributed by atoms with Crippen molar-refractivity contribution in [1.29, 1.82) is 0 Å². The topological polar surface area (TPSA) is 69.8 Å². The first kappa shape index (κ1) is 11.1. The minimum atomic E-state index is -0.103. The minimum Gasteiger partial charge on any atom is -0.351 e. The van der Waals surface area contributed by atoms with E-state index < -0.39 is 0 Å². The molecule has 2 rings (SSSR count). The fraction of sp³-hybridized carbons (Fsp3) is 0.636. The van der Waals surface area contributed by atoms with Gasteiger partial charge in [-0.1, -0.05) is 0 Å². The first-order valence-electron chi connectivity index (χ1n) is 5.85. The molecule has 88 valence electrons. The van der Waals surface area contributed by atoms with Gasteiger partial charge in [0, 0.05) is 24.7 Å². The Morgan fingerprint density at radius 1 is 1.69 bits per heavy atom. The summed E-state index contributed by atoms with van der Waals surface area (Å²) in [5, 5.41) is 13.1. The Balaban J connectivity index is 2.03. The van der Waals surface area contributed by atoms with Crippen molar-refractivity contribution in [3.63, 3.8) is 0 Å². The monoisotopic (exact) mass is 222 g/mol. The Hall–Kier alpha value is -1.36. The van der Waals surface area contributed by atoms with Gasteiger partial charge in [0.1, 0.15) is 5.69 Å². The summed E-state index contributed by atoms with van der Waals surface area (Å²) in [6.45, 7) is 4.59. The first-order valence-corrected chi connectivity index (χ1v) is 5.85. The molecule has 1 saturated heterocycles. The summed E-state index contributed by atoms with van der Waals surface area (Å²) >= 11 is 0. The number of nitrogens with zero attached hydrogens (tertiary/aromatic N) is 1. The summed E-state index contributed by atoms with van der Waals surface area (Å²) in [4.78, 5) is 11.5. The van der Waals surface area contributed by atoms with Gasteiger partial charge in [-0.05, 0) is 32.4 Å². The smallest absolute Gasteiger partial charge is 0.271 e. The zero-order chi connectivity index (χ0) is 11.4. The van der Waals surface area contributed by atoms with Gasteiger partial charge in [-0.3, -0.25) is 9.89 Å². The molecule has 3 N–H and O–H groups in total. The number of aromatic amines is 1. The highest BCUT2D eigenvalue weighted by atomic mass is 16.1.